The van der Waals surface area contributed by atoms with Crippen molar-refractivity contribution in [2.24, 2.45) is 0 Å². The van der Waals surface area contributed by atoms with Gasteiger partial charge in [-0.05, 0) is 198 Å². The lowest BCUT2D eigenvalue weighted by Gasteiger charge is -2.15. The number of hydrogen-bond donors (Lipinski definition) is 0. The van der Waals surface area contributed by atoms with E-state index in [1.165, 1.54) is 162 Å². The first-order chi connectivity index (χ1) is 61.1. The molecule has 7 nitrogen and oxygen atoms in total. The Kier molecular flexibility index (Phi) is 15.9. The van der Waals surface area contributed by atoms with Crippen LogP contribution in [0.4, 0.5) is 0 Å². The number of pyridine rings is 2. The van der Waals surface area contributed by atoms with Crippen LogP contribution in [0.3, 0.4) is 0 Å². The van der Waals surface area contributed by atoms with Crippen LogP contribution >= 0.6 is 0 Å². The number of para-hydroxylation sites is 4. The van der Waals surface area contributed by atoms with Crippen molar-refractivity contribution in [3.05, 3.63) is 431 Å². The second-order valence-electron chi connectivity index (χ2n) is 32.1. The lowest BCUT2D eigenvalue weighted by Crippen LogP contribution is -2.03. The molecule has 0 bridgehead atoms. The van der Waals surface area contributed by atoms with Crippen LogP contribution in [0.15, 0.2) is 431 Å². The van der Waals surface area contributed by atoms with E-state index in [-0.39, 0.29) is 0 Å². The van der Waals surface area contributed by atoms with Crippen molar-refractivity contribution in [1.82, 2.24) is 33.6 Å². The van der Waals surface area contributed by atoms with E-state index in [2.05, 4.69) is 426 Å². The molecule has 21 aromatic carbocycles. The van der Waals surface area contributed by atoms with E-state index in [0.717, 1.165) is 77.7 Å². The van der Waals surface area contributed by atoms with Crippen molar-refractivity contribution < 1.29 is 0 Å². The van der Waals surface area contributed by atoms with E-state index in [4.69, 9.17) is 19.9 Å². The van der Waals surface area contributed by atoms with Crippen LogP contribution in [-0.2, 0) is 0 Å². The van der Waals surface area contributed by atoms with Crippen molar-refractivity contribution in [2.75, 3.05) is 0 Å². The normalized spacial score (nSPS) is 11.9. The zero-order valence-electron chi connectivity index (χ0n) is 66.6. The topological polar surface area (TPSA) is 66.3 Å². The van der Waals surface area contributed by atoms with Crippen LogP contribution in [0.2, 0.25) is 0 Å². The fourth-order valence-electron chi connectivity index (χ4n) is 20.1. The molecule has 0 amide bonds. The number of rotatable bonds is 6. The first-order valence-corrected chi connectivity index (χ1v) is 42.1. The molecule has 0 N–H and O–H groups in total. The maximum Gasteiger partial charge on any atom is 0.235 e. The Bertz CT molecular complexity index is 9060. The first-order valence-electron chi connectivity index (χ1n) is 42.1. The molecule has 0 aliphatic heterocycles. The molecule has 0 saturated carbocycles. The van der Waals surface area contributed by atoms with Crippen LogP contribution in [0, 0.1) is 0 Å². The van der Waals surface area contributed by atoms with Crippen molar-refractivity contribution in [2.45, 2.75) is 0 Å². The molecule has 6 heterocycles. The third-order valence-electron chi connectivity index (χ3n) is 25.5. The van der Waals surface area contributed by atoms with Gasteiger partial charge in [0.05, 0.1) is 49.8 Å². The van der Waals surface area contributed by atoms with Gasteiger partial charge in [-0.2, -0.15) is 0 Å². The number of fused-ring (bicyclic) bond motifs is 30. The Labute approximate surface area is 705 Å². The van der Waals surface area contributed by atoms with Gasteiger partial charge in [0.25, 0.3) is 0 Å². The van der Waals surface area contributed by atoms with E-state index in [0.29, 0.717) is 5.95 Å². The SMILES string of the molecule is c1ccc(-c2cccc3nc(-n4c5ccccc5c5cc6c7ccccc7c7ccccc7c6cc54)ccc23)cc1.c1ccc(-c2cnc(-n3c4ccccc4c4cc5c6ccccc6c6ccccc6c5cc43)c3ccccc23)cc1.c1ccc(-c2nc(-n3c4ccccc4c4cc5c6ccccc6c6ccccc6c5cc43)nc3ccccc23)cc1. The average Bonchev–Trinajstić information content (AvgIpc) is 1.61. The first kappa shape index (κ1) is 69.6. The van der Waals surface area contributed by atoms with Gasteiger partial charge in [0.2, 0.25) is 5.95 Å². The predicted molar refractivity (Wildman–Crippen MR) is 520 cm³/mol. The fraction of sp³-hybridized carbons (Fsp3) is 0. The quantitative estimate of drug-likeness (QED) is 0.156. The summed E-state index contributed by atoms with van der Waals surface area (Å²) in [4.78, 5) is 20.8. The zero-order valence-corrected chi connectivity index (χ0v) is 66.6. The standard InChI is InChI=1S/2C39H24N2.C38H23N3/c1-2-12-25(13-3-1)36-24-40-39(32-20-9-8-18-30(32)36)41-37-21-11-10-19-31(37)35-22-33-28-16-6-4-14-26(28)27-15-5-7-17-29(27)34(33)23-38(35)41;1-2-11-25(12-3-1)26-18-10-19-36-31(26)21-22-39(40-36)41-37-20-9-8-17-32(37)35-23-33-29-15-6-4-13-27(29)28-14-5-7-16-30(28)34(33)24-38(35)41;1-2-12-24(13-3-1)37-30-19-8-10-20-34(30)39-38(40-37)41-35-21-11-9-18-29(35)33-22-31-27-16-6-4-14-25(27)26-15-5-7-17-28(26)32(31)23-36(33)41/h2*1-24H;1-23H. The third kappa shape index (κ3) is 11.0. The summed E-state index contributed by atoms with van der Waals surface area (Å²) in [7, 11) is 0. The smallest absolute Gasteiger partial charge is 0.235 e. The zero-order chi connectivity index (χ0) is 80.7. The lowest BCUT2D eigenvalue weighted by molar-refractivity contribution is 1.01. The Morgan fingerprint density at radius 3 is 0.935 bits per heavy atom. The van der Waals surface area contributed by atoms with Gasteiger partial charge in [-0.15, -0.1) is 0 Å². The Hall–Kier alpha value is -16.5. The molecule has 0 fully saturated rings. The predicted octanol–water partition coefficient (Wildman–Crippen LogP) is 30.8. The van der Waals surface area contributed by atoms with Crippen LogP contribution in [0.25, 0.3) is 246 Å². The number of aromatic nitrogens is 7. The van der Waals surface area contributed by atoms with Gasteiger partial charge >= 0.3 is 0 Å². The summed E-state index contributed by atoms with van der Waals surface area (Å²) in [5.74, 6) is 2.56. The number of nitrogens with zero attached hydrogens (tertiary/aromatic N) is 7. The fourth-order valence-corrected chi connectivity index (χ4v) is 20.1. The largest absolute Gasteiger partial charge is 0.294 e. The maximum atomic E-state index is 5.26. The summed E-state index contributed by atoms with van der Waals surface area (Å²) in [6.45, 7) is 0. The van der Waals surface area contributed by atoms with E-state index >= 15 is 0 Å². The molecule has 0 spiro atoms. The van der Waals surface area contributed by atoms with E-state index in [1.807, 2.05) is 18.3 Å². The highest BCUT2D eigenvalue weighted by atomic mass is 15.2. The second-order valence-corrected chi connectivity index (χ2v) is 32.1. The number of hydrogen-bond acceptors (Lipinski definition) is 4. The Morgan fingerprint density at radius 2 is 0.480 bits per heavy atom. The third-order valence-corrected chi connectivity index (χ3v) is 25.5. The molecular formula is C116H71N7. The molecule has 27 aromatic rings. The summed E-state index contributed by atoms with van der Waals surface area (Å²) in [5.41, 5.74) is 15.5. The van der Waals surface area contributed by atoms with Gasteiger partial charge in [-0.25, -0.2) is 19.9 Å². The minimum Gasteiger partial charge on any atom is -0.294 e. The van der Waals surface area contributed by atoms with Gasteiger partial charge in [0.1, 0.15) is 11.6 Å². The highest BCUT2D eigenvalue weighted by Gasteiger charge is 2.24. The van der Waals surface area contributed by atoms with Crippen LogP contribution in [-0.4, -0.2) is 33.6 Å². The van der Waals surface area contributed by atoms with Gasteiger partial charge in [-0.1, -0.05) is 346 Å². The van der Waals surface area contributed by atoms with Gasteiger partial charge in [0.15, 0.2) is 0 Å². The molecule has 570 valence electrons. The molecule has 0 atom stereocenters. The molecule has 0 radical (unpaired) electrons. The van der Waals surface area contributed by atoms with Crippen LogP contribution in [0.1, 0.15) is 0 Å². The molecule has 27 rings (SSSR count). The van der Waals surface area contributed by atoms with Gasteiger partial charge in [-0.3, -0.25) is 13.7 Å². The van der Waals surface area contributed by atoms with Crippen LogP contribution < -0.4 is 0 Å². The second kappa shape index (κ2) is 28.1. The minimum atomic E-state index is 0.679. The van der Waals surface area contributed by atoms with Crippen molar-refractivity contribution in [1.29, 1.82) is 0 Å². The molecule has 0 unspecified atom stereocenters. The minimum absolute atomic E-state index is 0.679. The monoisotopic (exact) mass is 1560 g/mol. The summed E-state index contributed by atoms with van der Waals surface area (Å²) < 4.78 is 6.95. The summed E-state index contributed by atoms with van der Waals surface area (Å²) in [6.07, 6.45) is 2.04. The van der Waals surface area contributed by atoms with Crippen molar-refractivity contribution >= 4 is 195 Å². The summed E-state index contributed by atoms with van der Waals surface area (Å²) in [6, 6.07) is 152. The van der Waals surface area contributed by atoms with Gasteiger partial charge < -0.3 is 0 Å². The lowest BCUT2D eigenvalue weighted by atomic mass is 9.93. The molecule has 6 aromatic heterocycles. The number of benzene rings is 21. The highest BCUT2D eigenvalue weighted by molar-refractivity contribution is 6.32. The molecule has 0 aliphatic carbocycles. The van der Waals surface area contributed by atoms with Crippen molar-refractivity contribution in [3.8, 4) is 51.1 Å². The molecule has 0 aliphatic rings. The van der Waals surface area contributed by atoms with Crippen LogP contribution in [0.5, 0.6) is 0 Å². The molecule has 0 saturated heterocycles. The average molecular weight is 1560 g/mol. The molecule has 7 heteroatoms. The van der Waals surface area contributed by atoms with Crippen molar-refractivity contribution in [3.63, 3.8) is 0 Å². The van der Waals surface area contributed by atoms with E-state index in [9.17, 15) is 0 Å². The van der Waals surface area contributed by atoms with Gasteiger partial charge in [0, 0.05) is 65.8 Å². The Balaban J connectivity index is 0.000000101. The van der Waals surface area contributed by atoms with E-state index < -0.39 is 0 Å². The molecule has 123 heavy (non-hydrogen) atoms. The summed E-state index contributed by atoms with van der Waals surface area (Å²) >= 11 is 0. The van der Waals surface area contributed by atoms with E-state index in [1.54, 1.807) is 0 Å². The summed E-state index contributed by atoms with van der Waals surface area (Å²) in [5, 5.41) is 34.9. The Morgan fingerprint density at radius 1 is 0.163 bits per heavy atom. The molecular weight excluding hydrogens is 1490 g/mol. The highest BCUT2D eigenvalue weighted by Crippen LogP contribution is 2.47. The maximum absolute atomic E-state index is 5.26.